The smallest absolute Gasteiger partial charge is 0.441 e. The van der Waals surface area contributed by atoms with Crippen LogP contribution in [0.3, 0.4) is 0 Å². The lowest BCUT2D eigenvalue weighted by molar-refractivity contribution is -0.0327. The van der Waals surface area contributed by atoms with Crippen LogP contribution in [0.5, 0.6) is 5.75 Å². The fraction of sp³-hybridized carbons (Fsp3) is 0.455. The first kappa shape index (κ1) is 15.7. The van der Waals surface area contributed by atoms with Gasteiger partial charge in [-0.2, -0.15) is 13.2 Å². The third kappa shape index (κ3) is 5.97. The Morgan fingerprint density at radius 1 is 1.39 bits per heavy atom. The molecule has 0 unspecified atom stereocenters. The first-order valence-corrected chi connectivity index (χ1v) is 6.94. The highest BCUT2D eigenvalue weighted by Gasteiger charge is 2.27. The summed E-state index contributed by atoms with van der Waals surface area (Å²) < 4.78 is 41.6. The van der Waals surface area contributed by atoms with Crippen LogP contribution in [0.25, 0.3) is 0 Å². The van der Waals surface area contributed by atoms with E-state index in [9.17, 15) is 13.2 Å². The lowest BCUT2D eigenvalue weighted by Gasteiger charge is -2.09. The van der Waals surface area contributed by atoms with Crippen LogP contribution in [-0.4, -0.2) is 24.9 Å². The summed E-state index contributed by atoms with van der Waals surface area (Å²) in [6.07, 6.45) is 0. The fourth-order valence-electron chi connectivity index (χ4n) is 1.28. The van der Waals surface area contributed by atoms with Crippen molar-refractivity contribution in [3.8, 4) is 5.75 Å². The number of thioether (sulfide) groups is 1. The minimum absolute atomic E-state index is 0.00505. The molecule has 0 aliphatic heterocycles. The van der Waals surface area contributed by atoms with Crippen molar-refractivity contribution >= 4 is 27.7 Å². The largest absolute Gasteiger partial charge is 0.497 e. The van der Waals surface area contributed by atoms with E-state index in [0.717, 1.165) is 15.8 Å². The minimum Gasteiger partial charge on any atom is -0.497 e. The van der Waals surface area contributed by atoms with Crippen molar-refractivity contribution in [3.05, 3.63) is 28.2 Å². The fourth-order valence-corrected chi connectivity index (χ4v) is 2.14. The molecule has 0 aliphatic rings. The highest BCUT2D eigenvalue weighted by Crippen LogP contribution is 2.29. The summed E-state index contributed by atoms with van der Waals surface area (Å²) in [4.78, 5) is 0. The van der Waals surface area contributed by atoms with Gasteiger partial charge in [-0.3, -0.25) is 0 Å². The summed E-state index contributed by atoms with van der Waals surface area (Å²) in [5.41, 5.74) is -3.20. The molecule has 7 heteroatoms. The van der Waals surface area contributed by atoms with Gasteiger partial charge < -0.3 is 10.1 Å². The predicted molar refractivity (Wildman–Crippen MR) is 70.9 cm³/mol. The van der Waals surface area contributed by atoms with Crippen LogP contribution in [-0.2, 0) is 6.54 Å². The summed E-state index contributed by atoms with van der Waals surface area (Å²) in [5.74, 6) is 0.727. The second kappa shape index (κ2) is 7.25. The SMILES string of the molecule is COc1ccc(Br)c(CNCCSC(F)(F)F)c1. The van der Waals surface area contributed by atoms with Crippen LogP contribution < -0.4 is 10.1 Å². The number of benzene rings is 1. The average Bonchev–Trinajstić information content (AvgIpc) is 2.29. The Kier molecular flexibility index (Phi) is 6.31. The molecule has 0 amide bonds. The monoisotopic (exact) mass is 343 g/mol. The summed E-state index contributed by atoms with van der Waals surface area (Å²) in [7, 11) is 1.57. The normalized spacial score (nSPS) is 11.6. The van der Waals surface area contributed by atoms with E-state index in [4.69, 9.17) is 4.74 Å². The Balaban J connectivity index is 2.35. The topological polar surface area (TPSA) is 21.3 Å². The molecule has 0 heterocycles. The van der Waals surface area contributed by atoms with Crippen molar-refractivity contribution in [2.45, 2.75) is 12.1 Å². The van der Waals surface area contributed by atoms with Gasteiger partial charge in [0.15, 0.2) is 0 Å². The van der Waals surface area contributed by atoms with Gasteiger partial charge in [-0.15, -0.1) is 0 Å². The second-order valence-corrected chi connectivity index (χ2v) is 5.44. The third-order valence-electron chi connectivity index (χ3n) is 2.11. The van der Waals surface area contributed by atoms with E-state index in [1.54, 1.807) is 7.11 Å². The van der Waals surface area contributed by atoms with Crippen LogP contribution >= 0.6 is 27.7 Å². The van der Waals surface area contributed by atoms with E-state index in [-0.39, 0.29) is 17.5 Å². The maximum atomic E-state index is 11.9. The molecule has 0 bridgehead atoms. The molecule has 0 radical (unpaired) electrons. The van der Waals surface area contributed by atoms with Gasteiger partial charge in [-0.25, -0.2) is 0 Å². The van der Waals surface area contributed by atoms with E-state index in [0.29, 0.717) is 13.1 Å². The molecule has 1 N–H and O–H groups in total. The number of hydrogen-bond donors (Lipinski definition) is 1. The van der Waals surface area contributed by atoms with Gasteiger partial charge in [0.05, 0.1) is 7.11 Å². The molecular formula is C11H13BrF3NOS. The van der Waals surface area contributed by atoms with Crippen LogP contribution in [0, 0.1) is 0 Å². The van der Waals surface area contributed by atoms with Crippen molar-refractivity contribution in [3.63, 3.8) is 0 Å². The number of methoxy groups -OCH3 is 1. The first-order valence-electron chi connectivity index (χ1n) is 5.16. The molecule has 0 fully saturated rings. The molecule has 2 nitrogen and oxygen atoms in total. The van der Waals surface area contributed by atoms with Crippen molar-refractivity contribution in [2.75, 3.05) is 19.4 Å². The highest BCUT2D eigenvalue weighted by atomic mass is 79.9. The highest BCUT2D eigenvalue weighted by molar-refractivity contribution is 9.10. The van der Waals surface area contributed by atoms with E-state index in [1.807, 2.05) is 18.2 Å². The summed E-state index contributed by atoms with van der Waals surface area (Å²) in [6.45, 7) is 0.796. The lowest BCUT2D eigenvalue weighted by Crippen LogP contribution is -2.18. The number of rotatable bonds is 6. The Hall–Kier alpha value is -0.400. The minimum atomic E-state index is -4.15. The maximum absolute atomic E-state index is 11.9. The standard InChI is InChI=1S/C11H13BrF3NOS/c1-17-9-2-3-10(12)8(6-9)7-16-4-5-18-11(13,14)15/h2-3,6,16H,4-5,7H2,1H3. The molecule has 18 heavy (non-hydrogen) atoms. The number of ether oxygens (including phenoxy) is 1. The molecule has 0 atom stereocenters. The zero-order valence-corrected chi connectivity index (χ0v) is 12.1. The number of hydrogen-bond acceptors (Lipinski definition) is 3. The van der Waals surface area contributed by atoms with Crippen molar-refractivity contribution in [1.29, 1.82) is 0 Å². The van der Waals surface area contributed by atoms with E-state index >= 15 is 0 Å². The third-order valence-corrected chi connectivity index (χ3v) is 3.62. The first-order chi connectivity index (χ1) is 8.42. The van der Waals surface area contributed by atoms with E-state index in [1.165, 1.54) is 0 Å². The average molecular weight is 344 g/mol. The number of nitrogens with one attached hydrogen (secondary N) is 1. The lowest BCUT2D eigenvalue weighted by atomic mass is 10.2. The molecule has 1 aromatic rings. The number of alkyl halides is 3. The molecule has 1 aromatic carbocycles. The Morgan fingerprint density at radius 3 is 2.72 bits per heavy atom. The zero-order chi connectivity index (χ0) is 13.6. The molecule has 102 valence electrons. The van der Waals surface area contributed by atoms with Crippen LogP contribution in [0.1, 0.15) is 5.56 Å². The molecule has 0 aromatic heterocycles. The second-order valence-electron chi connectivity index (χ2n) is 3.43. The van der Waals surface area contributed by atoms with Gasteiger partial charge in [0.25, 0.3) is 0 Å². The quantitative estimate of drug-likeness (QED) is 0.794. The molecule has 0 spiro atoms. The van der Waals surface area contributed by atoms with E-state index < -0.39 is 5.51 Å². The summed E-state index contributed by atoms with van der Waals surface area (Å²) in [6, 6.07) is 5.50. The van der Waals surface area contributed by atoms with Gasteiger partial charge in [0.2, 0.25) is 0 Å². The number of halogens is 4. The molecule has 0 saturated carbocycles. The van der Waals surface area contributed by atoms with Crippen LogP contribution in [0.4, 0.5) is 13.2 Å². The molecule has 0 saturated heterocycles. The predicted octanol–water partition coefficient (Wildman–Crippen LogP) is 3.80. The molecule has 1 rings (SSSR count). The Labute approximate surface area is 116 Å². The summed E-state index contributed by atoms with van der Waals surface area (Å²) in [5, 5.41) is 2.96. The molecule has 0 aliphatic carbocycles. The maximum Gasteiger partial charge on any atom is 0.441 e. The van der Waals surface area contributed by atoms with Crippen LogP contribution in [0.15, 0.2) is 22.7 Å². The molecular weight excluding hydrogens is 331 g/mol. The van der Waals surface area contributed by atoms with E-state index in [2.05, 4.69) is 21.2 Å². The van der Waals surface area contributed by atoms with Crippen molar-refractivity contribution in [2.24, 2.45) is 0 Å². The van der Waals surface area contributed by atoms with Gasteiger partial charge in [0.1, 0.15) is 5.75 Å². The van der Waals surface area contributed by atoms with Gasteiger partial charge >= 0.3 is 5.51 Å². The van der Waals surface area contributed by atoms with Gasteiger partial charge in [-0.05, 0) is 35.5 Å². The zero-order valence-electron chi connectivity index (χ0n) is 9.68. The summed E-state index contributed by atoms with van der Waals surface area (Å²) >= 11 is 3.36. The Morgan fingerprint density at radius 2 is 2.11 bits per heavy atom. The van der Waals surface area contributed by atoms with Gasteiger partial charge in [0, 0.05) is 23.3 Å². The van der Waals surface area contributed by atoms with Gasteiger partial charge in [-0.1, -0.05) is 15.9 Å². The van der Waals surface area contributed by atoms with Crippen LogP contribution in [0.2, 0.25) is 0 Å². The van der Waals surface area contributed by atoms with Crippen molar-refractivity contribution in [1.82, 2.24) is 5.32 Å². The van der Waals surface area contributed by atoms with Crippen molar-refractivity contribution < 1.29 is 17.9 Å². The Bertz CT molecular complexity index is 387.